The van der Waals surface area contributed by atoms with Crippen molar-refractivity contribution in [3.05, 3.63) is 0 Å². The van der Waals surface area contributed by atoms with Crippen molar-refractivity contribution < 1.29 is 9.53 Å². The van der Waals surface area contributed by atoms with Crippen LogP contribution in [0.3, 0.4) is 0 Å². The highest BCUT2D eigenvalue weighted by molar-refractivity contribution is 5.75. The van der Waals surface area contributed by atoms with Crippen LogP contribution in [0.25, 0.3) is 0 Å². The molecule has 0 aliphatic heterocycles. The van der Waals surface area contributed by atoms with E-state index in [0.29, 0.717) is 18.9 Å². The van der Waals surface area contributed by atoms with Gasteiger partial charge in [0.1, 0.15) is 0 Å². The molecule has 0 bridgehead atoms. The molecule has 1 atom stereocenters. The number of carbonyl (C=O) groups excluding carboxylic acids is 1. The summed E-state index contributed by atoms with van der Waals surface area (Å²) in [6.07, 6.45) is 0.648. The Balaban J connectivity index is 3.40. The average Bonchev–Trinajstić information content (AvgIpc) is 2.10. The predicted octanol–water partition coefficient (Wildman–Crippen LogP) is 1.57. The van der Waals surface area contributed by atoms with Gasteiger partial charge in [-0.15, -0.1) is 0 Å². The van der Waals surface area contributed by atoms with Crippen LogP contribution in [0.4, 0.5) is 0 Å². The minimum Gasteiger partial charge on any atom is -0.376 e. The molecule has 13 heavy (non-hydrogen) atoms. The number of amides is 1. The average molecular weight is 187 g/mol. The van der Waals surface area contributed by atoms with Crippen molar-refractivity contribution in [3.8, 4) is 0 Å². The summed E-state index contributed by atoms with van der Waals surface area (Å²) in [7, 11) is 0. The maximum Gasteiger partial charge on any atom is 0.219 e. The Morgan fingerprint density at radius 2 is 2.00 bits per heavy atom. The summed E-state index contributed by atoms with van der Waals surface area (Å²) in [6.45, 7) is 9.39. The molecule has 78 valence electrons. The third-order valence-corrected chi connectivity index (χ3v) is 1.62. The highest BCUT2D eigenvalue weighted by atomic mass is 16.5. The van der Waals surface area contributed by atoms with Crippen molar-refractivity contribution in [2.75, 3.05) is 13.2 Å². The van der Waals surface area contributed by atoms with E-state index in [1.165, 1.54) is 0 Å². The molecule has 0 spiro atoms. The summed E-state index contributed by atoms with van der Waals surface area (Å²) < 4.78 is 5.48. The Labute approximate surface area is 80.8 Å². The maximum atomic E-state index is 10.9. The lowest BCUT2D eigenvalue weighted by Gasteiger charge is -2.15. The summed E-state index contributed by atoms with van der Waals surface area (Å²) in [4.78, 5) is 10.9. The predicted molar refractivity (Wildman–Crippen MR) is 53.6 cm³/mol. The first kappa shape index (κ1) is 12.4. The van der Waals surface area contributed by atoms with Crippen LogP contribution in [0.5, 0.6) is 0 Å². The Bertz CT molecular complexity index is 146. The third kappa shape index (κ3) is 7.78. The minimum atomic E-state index is 0.0833. The standard InChI is InChI=1S/C10H21NO2/c1-5-10(12)11-6-9(4)13-7-8(2)3/h8-9H,5-7H2,1-4H3,(H,11,12). The SMILES string of the molecule is CCC(=O)NCC(C)OCC(C)C. The molecule has 0 aromatic rings. The molecular weight excluding hydrogens is 166 g/mol. The van der Waals surface area contributed by atoms with Gasteiger partial charge in [-0.1, -0.05) is 20.8 Å². The lowest BCUT2D eigenvalue weighted by molar-refractivity contribution is -0.121. The lowest BCUT2D eigenvalue weighted by Crippen LogP contribution is -2.32. The van der Waals surface area contributed by atoms with E-state index in [1.807, 2.05) is 13.8 Å². The van der Waals surface area contributed by atoms with Gasteiger partial charge in [0, 0.05) is 19.6 Å². The highest BCUT2D eigenvalue weighted by Crippen LogP contribution is 1.96. The maximum absolute atomic E-state index is 10.9. The van der Waals surface area contributed by atoms with E-state index in [2.05, 4.69) is 19.2 Å². The molecule has 0 rings (SSSR count). The fourth-order valence-electron chi connectivity index (χ4n) is 0.798. The van der Waals surface area contributed by atoms with Crippen LogP contribution in [-0.2, 0) is 9.53 Å². The number of rotatable bonds is 6. The van der Waals surface area contributed by atoms with Crippen LogP contribution in [0, 0.1) is 5.92 Å². The zero-order chi connectivity index (χ0) is 10.3. The first-order chi connectivity index (χ1) is 6.06. The molecular formula is C10H21NO2. The van der Waals surface area contributed by atoms with Crippen LogP contribution in [-0.4, -0.2) is 25.2 Å². The molecule has 0 aliphatic carbocycles. The summed E-state index contributed by atoms with van der Waals surface area (Å²) in [5, 5.41) is 2.79. The third-order valence-electron chi connectivity index (χ3n) is 1.62. The fraction of sp³-hybridized carbons (Fsp3) is 0.900. The molecule has 0 aliphatic rings. The number of ether oxygens (including phenoxy) is 1. The molecule has 3 heteroatoms. The Morgan fingerprint density at radius 3 is 2.46 bits per heavy atom. The van der Waals surface area contributed by atoms with Crippen molar-refractivity contribution in [2.45, 2.75) is 40.2 Å². The zero-order valence-electron chi connectivity index (χ0n) is 9.09. The second-order valence-corrected chi connectivity index (χ2v) is 3.70. The second kappa shape index (κ2) is 6.89. The van der Waals surface area contributed by atoms with Gasteiger partial charge in [0.05, 0.1) is 6.10 Å². The number of carbonyl (C=O) groups is 1. The zero-order valence-corrected chi connectivity index (χ0v) is 9.09. The number of hydrogen-bond donors (Lipinski definition) is 1. The molecule has 1 N–H and O–H groups in total. The van der Waals surface area contributed by atoms with Crippen LogP contribution in [0.2, 0.25) is 0 Å². The first-order valence-corrected chi connectivity index (χ1v) is 4.94. The molecule has 3 nitrogen and oxygen atoms in total. The Hall–Kier alpha value is -0.570. The summed E-state index contributed by atoms with van der Waals surface area (Å²) >= 11 is 0. The smallest absolute Gasteiger partial charge is 0.219 e. The van der Waals surface area contributed by atoms with Crippen molar-refractivity contribution in [3.63, 3.8) is 0 Å². The normalized spacial score (nSPS) is 13.0. The van der Waals surface area contributed by atoms with E-state index in [4.69, 9.17) is 4.74 Å². The van der Waals surface area contributed by atoms with E-state index < -0.39 is 0 Å². The summed E-state index contributed by atoms with van der Waals surface area (Å²) in [6, 6.07) is 0. The lowest BCUT2D eigenvalue weighted by atomic mass is 10.2. The van der Waals surface area contributed by atoms with E-state index in [9.17, 15) is 4.79 Å². The van der Waals surface area contributed by atoms with Crippen molar-refractivity contribution in [2.24, 2.45) is 5.92 Å². The van der Waals surface area contributed by atoms with Gasteiger partial charge >= 0.3 is 0 Å². The molecule has 1 unspecified atom stereocenters. The summed E-state index contributed by atoms with van der Waals surface area (Å²) in [5.74, 6) is 0.629. The van der Waals surface area contributed by atoms with Gasteiger partial charge in [0.2, 0.25) is 5.91 Å². The molecule has 0 heterocycles. The van der Waals surface area contributed by atoms with Gasteiger partial charge in [-0.05, 0) is 12.8 Å². The van der Waals surface area contributed by atoms with Crippen LogP contribution < -0.4 is 5.32 Å². The van der Waals surface area contributed by atoms with Crippen LogP contribution in [0.15, 0.2) is 0 Å². The monoisotopic (exact) mass is 187 g/mol. The second-order valence-electron chi connectivity index (χ2n) is 3.70. The molecule has 0 aromatic carbocycles. The van der Waals surface area contributed by atoms with E-state index in [-0.39, 0.29) is 12.0 Å². The highest BCUT2D eigenvalue weighted by Gasteiger charge is 2.04. The first-order valence-electron chi connectivity index (χ1n) is 4.94. The van der Waals surface area contributed by atoms with Crippen LogP contribution in [0.1, 0.15) is 34.1 Å². The topological polar surface area (TPSA) is 38.3 Å². The van der Waals surface area contributed by atoms with E-state index >= 15 is 0 Å². The van der Waals surface area contributed by atoms with Crippen LogP contribution >= 0.6 is 0 Å². The molecule has 0 fully saturated rings. The van der Waals surface area contributed by atoms with Gasteiger partial charge in [-0.2, -0.15) is 0 Å². The molecule has 0 saturated heterocycles. The van der Waals surface area contributed by atoms with Gasteiger partial charge in [0.25, 0.3) is 0 Å². The summed E-state index contributed by atoms with van der Waals surface area (Å²) in [5.41, 5.74) is 0. The largest absolute Gasteiger partial charge is 0.376 e. The number of nitrogens with one attached hydrogen (secondary N) is 1. The molecule has 0 radical (unpaired) electrons. The van der Waals surface area contributed by atoms with Gasteiger partial charge < -0.3 is 10.1 Å². The quantitative estimate of drug-likeness (QED) is 0.685. The van der Waals surface area contributed by atoms with Gasteiger partial charge in [-0.3, -0.25) is 4.79 Å². The van der Waals surface area contributed by atoms with E-state index in [1.54, 1.807) is 0 Å². The molecule has 0 aromatic heterocycles. The van der Waals surface area contributed by atoms with Crippen molar-refractivity contribution in [1.29, 1.82) is 0 Å². The van der Waals surface area contributed by atoms with E-state index in [0.717, 1.165) is 6.61 Å². The van der Waals surface area contributed by atoms with Gasteiger partial charge in [-0.25, -0.2) is 0 Å². The molecule has 0 saturated carbocycles. The van der Waals surface area contributed by atoms with Crippen molar-refractivity contribution >= 4 is 5.91 Å². The fourth-order valence-corrected chi connectivity index (χ4v) is 0.798. The Morgan fingerprint density at radius 1 is 1.38 bits per heavy atom. The minimum absolute atomic E-state index is 0.0833. The van der Waals surface area contributed by atoms with Crippen molar-refractivity contribution in [1.82, 2.24) is 5.32 Å². The Kier molecular flexibility index (Phi) is 6.59. The van der Waals surface area contributed by atoms with Gasteiger partial charge in [0.15, 0.2) is 0 Å². The number of hydrogen-bond acceptors (Lipinski definition) is 2. The molecule has 1 amide bonds.